The summed E-state index contributed by atoms with van der Waals surface area (Å²) in [5.41, 5.74) is 1.70. The lowest BCUT2D eigenvalue weighted by molar-refractivity contribution is -0.116. The van der Waals surface area contributed by atoms with E-state index >= 15 is 0 Å². The van der Waals surface area contributed by atoms with E-state index in [0.717, 1.165) is 15.8 Å². The molecule has 2 aromatic rings. The summed E-state index contributed by atoms with van der Waals surface area (Å²) in [6, 6.07) is 16.8. The van der Waals surface area contributed by atoms with Crippen LogP contribution in [0.4, 0.5) is 11.4 Å². The molecule has 0 bridgehead atoms. The second-order valence-corrected chi connectivity index (χ2v) is 5.06. The van der Waals surface area contributed by atoms with Gasteiger partial charge in [0, 0.05) is 15.8 Å². The highest BCUT2D eigenvalue weighted by Crippen LogP contribution is 2.22. The summed E-state index contributed by atoms with van der Waals surface area (Å²) >= 11 is 3.45. The van der Waals surface area contributed by atoms with E-state index in [0.29, 0.717) is 0 Å². The Labute approximate surface area is 121 Å². The van der Waals surface area contributed by atoms with Gasteiger partial charge in [-0.25, -0.2) is 0 Å². The van der Waals surface area contributed by atoms with Gasteiger partial charge in [-0.1, -0.05) is 30.3 Å². The quantitative estimate of drug-likeness (QED) is 0.898. The van der Waals surface area contributed by atoms with Crippen molar-refractivity contribution < 1.29 is 4.79 Å². The Morgan fingerprint density at radius 2 is 1.68 bits per heavy atom. The Morgan fingerprint density at radius 3 is 2.37 bits per heavy atom. The predicted molar refractivity (Wildman–Crippen MR) is 82.3 cm³/mol. The smallest absolute Gasteiger partial charge is 0.246 e. The van der Waals surface area contributed by atoms with E-state index < -0.39 is 0 Å². The molecule has 1 atom stereocenters. The van der Waals surface area contributed by atoms with Gasteiger partial charge in [-0.3, -0.25) is 4.79 Å². The normalized spacial score (nSPS) is 11.7. The van der Waals surface area contributed by atoms with Gasteiger partial charge < -0.3 is 10.6 Å². The Morgan fingerprint density at radius 1 is 1.05 bits per heavy atom. The van der Waals surface area contributed by atoms with Gasteiger partial charge in [0.25, 0.3) is 0 Å². The highest BCUT2D eigenvalue weighted by Gasteiger charge is 2.13. The van der Waals surface area contributed by atoms with E-state index in [1.54, 1.807) is 0 Å². The van der Waals surface area contributed by atoms with Crippen LogP contribution in [0, 0.1) is 0 Å². The number of nitrogens with one attached hydrogen (secondary N) is 2. The third-order valence-electron chi connectivity index (χ3n) is 2.68. The first kappa shape index (κ1) is 13.6. The van der Waals surface area contributed by atoms with E-state index in [9.17, 15) is 4.79 Å². The molecule has 0 fully saturated rings. The molecule has 3 nitrogen and oxygen atoms in total. The van der Waals surface area contributed by atoms with Crippen molar-refractivity contribution in [3.63, 3.8) is 0 Å². The number of amides is 1. The van der Waals surface area contributed by atoms with Crippen molar-refractivity contribution in [2.24, 2.45) is 0 Å². The SMILES string of the molecule is CC(Nc1ccccc1Br)C(=O)Nc1ccccc1. The molecule has 2 N–H and O–H groups in total. The molecule has 0 aliphatic rings. The van der Waals surface area contributed by atoms with E-state index in [-0.39, 0.29) is 11.9 Å². The third-order valence-corrected chi connectivity index (χ3v) is 3.37. The van der Waals surface area contributed by atoms with Crippen LogP contribution in [0.3, 0.4) is 0 Å². The highest BCUT2D eigenvalue weighted by atomic mass is 79.9. The monoisotopic (exact) mass is 318 g/mol. The molecule has 1 unspecified atom stereocenters. The number of hydrogen-bond acceptors (Lipinski definition) is 2. The van der Waals surface area contributed by atoms with Crippen molar-refractivity contribution in [3.8, 4) is 0 Å². The lowest BCUT2D eigenvalue weighted by Gasteiger charge is -2.16. The van der Waals surface area contributed by atoms with Gasteiger partial charge in [0.15, 0.2) is 0 Å². The van der Waals surface area contributed by atoms with Gasteiger partial charge in [0.1, 0.15) is 6.04 Å². The average molecular weight is 319 g/mol. The van der Waals surface area contributed by atoms with Gasteiger partial charge in [0.2, 0.25) is 5.91 Å². The number of benzene rings is 2. The zero-order valence-electron chi connectivity index (χ0n) is 10.6. The fourth-order valence-electron chi connectivity index (χ4n) is 1.65. The van der Waals surface area contributed by atoms with Gasteiger partial charge in [-0.15, -0.1) is 0 Å². The largest absolute Gasteiger partial charge is 0.373 e. The number of para-hydroxylation sites is 2. The zero-order chi connectivity index (χ0) is 13.7. The highest BCUT2D eigenvalue weighted by molar-refractivity contribution is 9.10. The van der Waals surface area contributed by atoms with E-state index in [2.05, 4.69) is 26.6 Å². The molecule has 0 saturated carbocycles. The van der Waals surface area contributed by atoms with Gasteiger partial charge >= 0.3 is 0 Å². The number of rotatable bonds is 4. The van der Waals surface area contributed by atoms with Crippen LogP contribution in [-0.4, -0.2) is 11.9 Å². The minimum absolute atomic E-state index is 0.0676. The summed E-state index contributed by atoms with van der Waals surface area (Å²) in [6.45, 7) is 1.83. The van der Waals surface area contributed by atoms with Crippen molar-refractivity contribution in [2.45, 2.75) is 13.0 Å². The maximum absolute atomic E-state index is 12.0. The van der Waals surface area contributed by atoms with Crippen LogP contribution in [0.15, 0.2) is 59.1 Å². The molecule has 0 spiro atoms. The standard InChI is InChI=1S/C15H15BrN2O/c1-11(17-14-10-6-5-9-13(14)16)15(19)18-12-7-3-2-4-8-12/h2-11,17H,1H3,(H,18,19). The Kier molecular flexibility index (Phi) is 4.58. The second-order valence-electron chi connectivity index (χ2n) is 4.20. The Balaban J connectivity index is 1.98. The van der Waals surface area contributed by atoms with Crippen LogP contribution in [-0.2, 0) is 4.79 Å². The van der Waals surface area contributed by atoms with Gasteiger partial charge in [-0.05, 0) is 47.1 Å². The summed E-state index contributed by atoms with van der Waals surface area (Å²) in [7, 11) is 0. The molecule has 0 saturated heterocycles. The molecule has 2 rings (SSSR count). The van der Waals surface area contributed by atoms with Crippen LogP contribution in [0.5, 0.6) is 0 Å². The molecule has 19 heavy (non-hydrogen) atoms. The average Bonchev–Trinajstić information content (AvgIpc) is 2.42. The maximum Gasteiger partial charge on any atom is 0.246 e. The molecule has 2 aromatic carbocycles. The summed E-state index contributed by atoms with van der Waals surface area (Å²) < 4.78 is 0.939. The van der Waals surface area contributed by atoms with E-state index in [4.69, 9.17) is 0 Å². The summed E-state index contributed by atoms with van der Waals surface area (Å²) in [5.74, 6) is -0.0676. The Hall–Kier alpha value is -1.81. The second kappa shape index (κ2) is 6.38. The lowest BCUT2D eigenvalue weighted by atomic mass is 10.2. The molecule has 0 heterocycles. The van der Waals surface area contributed by atoms with Crippen LogP contribution < -0.4 is 10.6 Å². The molecule has 0 radical (unpaired) electrons. The summed E-state index contributed by atoms with van der Waals surface area (Å²) in [6.07, 6.45) is 0. The lowest BCUT2D eigenvalue weighted by Crippen LogP contribution is -2.31. The number of carbonyl (C=O) groups excluding carboxylic acids is 1. The first-order valence-electron chi connectivity index (χ1n) is 6.04. The van der Waals surface area contributed by atoms with E-state index in [1.807, 2.05) is 61.5 Å². The van der Waals surface area contributed by atoms with Crippen molar-refractivity contribution in [2.75, 3.05) is 10.6 Å². The molecule has 0 aliphatic heterocycles. The van der Waals surface area contributed by atoms with Crippen molar-refractivity contribution in [1.82, 2.24) is 0 Å². The number of hydrogen-bond donors (Lipinski definition) is 2. The first-order valence-corrected chi connectivity index (χ1v) is 6.83. The summed E-state index contributed by atoms with van der Waals surface area (Å²) in [4.78, 5) is 12.0. The van der Waals surface area contributed by atoms with E-state index in [1.165, 1.54) is 0 Å². The van der Waals surface area contributed by atoms with Gasteiger partial charge in [-0.2, -0.15) is 0 Å². The molecule has 0 aromatic heterocycles. The fraction of sp³-hybridized carbons (Fsp3) is 0.133. The molecular formula is C15H15BrN2O. The number of carbonyl (C=O) groups is 1. The number of anilines is 2. The molecule has 98 valence electrons. The summed E-state index contributed by atoms with van der Waals surface area (Å²) in [5, 5.41) is 6.04. The minimum atomic E-state index is -0.320. The zero-order valence-corrected chi connectivity index (χ0v) is 12.1. The third kappa shape index (κ3) is 3.83. The van der Waals surface area contributed by atoms with Crippen molar-refractivity contribution in [3.05, 3.63) is 59.1 Å². The molecule has 1 amide bonds. The van der Waals surface area contributed by atoms with Crippen LogP contribution in [0.2, 0.25) is 0 Å². The minimum Gasteiger partial charge on any atom is -0.373 e. The first-order chi connectivity index (χ1) is 9.16. The van der Waals surface area contributed by atoms with Crippen LogP contribution in [0.1, 0.15) is 6.92 Å². The molecule has 4 heteroatoms. The number of halogens is 1. The van der Waals surface area contributed by atoms with Crippen molar-refractivity contribution in [1.29, 1.82) is 0 Å². The predicted octanol–water partition coefficient (Wildman–Crippen LogP) is 3.89. The van der Waals surface area contributed by atoms with Crippen LogP contribution >= 0.6 is 15.9 Å². The van der Waals surface area contributed by atoms with Gasteiger partial charge in [0.05, 0.1) is 0 Å². The van der Waals surface area contributed by atoms with Crippen LogP contribution in [0.25, 0.3) is 0 Å². The maximum atomic E-state index is 12.0. The topological polar surface area (TPSA) is 41.1 Å². The van der Waals surface area contributed by atoms with Crippen molar-refractivity contribution >= 4 is 33.2 Å². The Bertz CT molecular complexity index is 557. The molecular weight excluding hydrogens is 304 g/mol. The molecule has 0 aliphatic carbocycles. The fourth-order valence-corrected chi connectivity index (χ4v) is 2.05.